The first-order valence-electron chi connectivity index (χ1n) is 9.57. The zero-order valence-corrected chi connectivity index (χ0v) is 16.8. The van der Waals surface area contributed by atoms with E-state index in [1.54, 1.807) is 50.9 Å². The third-order valence-electron chi connectivity index (χ3n) is 5.06. The first kappa shape index (κ1) is 20.5. The van der Waals surface area contributed by atoms with E-state index in [9.17, 15) is 13.6 Å². The maximum Gasteiger partial charge on any atom is 0.242 e. The standard InChI is InChI=1S/C22H19F2N5O2/c1-25-21-18-11-27-19(29-22(30)17-7-16(17)20(23)24)8-15(18)12(9-28-21)3-4-13-5-6-14(31-2)10-26-13/h5-6,8-11,16-17,20H,7H2,1-2H3,(H,25,28)(H,27,29,30)/t16?,17-/m1/s1. The molecule has 3 aromatic rings. The van der Waals surface area contributed by atoms with Crippen molar-refractivity contribution < 1.29 is 18.3 Å². The normalized spacial score (nSPS) is 17.1. The van der Waals surface area contributed by atoms with Crippen molar-refractivity contribution in [2.45, 2.75) is 12.8 Å². The van der Waals surface area contributed by atoms with Crippen LogP contribution >= 0.6 is 0 Å². The van der Waals surface area contributed by atoms with Crippen LogP contribution in [-0.2, 0) is 4.79 Å². The van der Waals surface area contributed by atoms with Gasteiger partial charge in [0.15, 0.2) is 0 Å². The second kappa shape index (κ2) is 8.52. The lowest BCUT2D eigenvalue weighted by Gasteiger charge is -2.09. The summed E-state index contributed by atoms with van der Waals surface area (Å²) in [5, 5.41) is 7.06. The van der Waals surface area contributed by atoms with E-state index >= 15 is 0 Å². The summed E-state index contributed by atoms with van der Waals surface area (Å²) in [5.41, 5.74) is 1.17. The third-order valence-corrected chi connectivity index (χ3v) is 5.06. The molecular formula is C22H19F2N5O2. The molecule has 4 rings (SSSR count). The van der Waals surface area contributed by atoms with Gasteiger partial charge in [-0.3, -0.25) is 4.79 Å². The minimum Gasteiger partial charge on any atom is -0.495 e. The lowest BCUT2D eigenvalue weighted by Crippen LogP contribution is -2.17. The Morgan fingerprint density at radius 3 is 2.65 bits per heavy atom. The molecule has 158 valence electrons. The van der Waals surface area contributed by atoms with E-state index in [-0.39, 0.29) is 12.2 Å². The number of nitrogens with zero attached hydrogens (tertiary/aromatic N) is 3. The third kappa shape index (κ3) is 4.38. The number of anilines is 2. The fraction of sp³-hybridized carbons (Fsp3) is 0.273. The van der Waals surface area contributed by atoms with E-state index in [1.807, 2.05) is 0 Å². The highest BCUT2D eigenvalue weighted by Crippen LogP contribution is 2.43. The molecule has 1 aliphatic rings. The maximum atomic E-state index is 12.7. The number of alkyl halides is 2. The van der Waals surface area contributed by atoms with Crippen molar-refractivity contribution in [1.82, 2.24) is 15.0 Å². The SMILES string of the molecule is CNc1ncc(C#Cc2ccc(OC)cn2)c2cc(NC(=O)[C@@H]3CC3C(F)F)ncc12. The number of fused-ring (bicyclic) bond motifs is 1. The van der Waals surface area contributed by atoms with Crippen LogP contribution in [0.5, 0.6) is 5.75 Å². The molecule has 0 spiro atoms. The van der Waals surface area contributed by atoms with Gasteiger partial charge in [0.05, 0.1) is 18.9 Å². The van der Waals surface area contributed by atoms with E-state index in [4.69, 9.17) is 4.74 Å². The first-order chi connectivity index (χ1) is 15.0. The Labute approximate surface area is 177 Å². The molecule has 1 aliphatic carbocycles. The highest BCUT2D eigenvalue weighted by Gasteiger charge is 2.48. The molecule has 0 aliphatic heterocycles. The smallest absolute Gasteiger partial charge is 0.242 e. The number of methoxy groups -OCH3 is 1. The van der Waals surface area contributed by atoms with Gasteiger partial charge in [-0.15, -0.1) is 0 Å². The fourth-order valence-electron chi connectivity index (χ4n) is 3.22. The van der Waals surface area contributed by atoms with Crippen LogP contribution in [0.2, 0.25) is 0 Å². The second-order valence-electron chi connectivity index (χ2n) is 7.05. The quantitative estimate of drug-likeness (QED) is 0.612. The Balaban J connectivity index is 1.65. The number of rotatable bonds is 5. The molecule has 1 amide bonds. The summed E-state index contributed by atoms with van der Waals surface area (Å²) in [6, 6.07) is 5.17. The van der Waals surface area contributed by atoms with Crippen LogP contribution in [0.3, 0.4) is 0 Å². The van der Waals surface area contributed by atoms with Gasteiger partial charge in [-0.25, -0.2) is 23.7 Å². The number of pyridine rings is 3. The molecule has 2 N–H and O–H groups in total. The van der Waals surface area contributed by atoms with E-state index in [0.717, 1.165) is 0 Å². The molecule has 1 unspecified atom stereocenters. The number of hydrogen-bond donors (Lipinski definition) is 2. The van der Waals surface area contributed by atoms with Crippen molar-refractivity contribution in [2.75, 3.05) is 24.8 Å². The Morgan fingerprint density at radius 2 is 2.00 bits per heavy atom. The largest absolute Gasteiger partial charge is 0.495 e. The molecule has 3 aromatic heterocycles. The van der Waals surface area contributed by atoms with Crippen molar-refractivity contribution >= 4 is 28.3 Å². The van der Waals surface area contributed by atoms with Gasteiger partial charge in [0, 0.05) is 42.0 Å². The van der Waals surface area contributed by atoms with Crippen molar-refractivity contribution in [3.63, 3.8) is 0 Å². The molecule has 9 heteroatoms. The molecule has 2 atom stereocenters. The van der Waals surface area contributed by atoms with Gasteiger partial charge >= 0.3 is 0 Å². The second-order valence-corrected chi connectivity index (χ2v) is 7.05. The molecule has 0 bridgehead atoms. The average Bonchev–Trinajstić information content (AvgIpc) is 3.59. The summed E-state index contributed by atoms with van der Waals surface area (Å²) in [5.74, 6) is 5.54. The lowest BCUT2D eigenvalue weighted by molar-refractivity contribution is -0.118. The molecule has 7 nitrogen and oxygen atoms in total. The highest BCUT2D eigenvalue weighted by molar-refractivity contribution is 5.99. The van der Waals surface area contributed by atoms with Crippen molar-refractivity contribution in [3.8, 4) is 17.6 Å². The number of aromatic nitrogens is 3. The molecule has 1 saturated carbocycles. The van der Waals surface area contributed by atoms with Crippen molar-refractivity contribution in [2.24, 2.45) is 11.8 Å². The van der Waals surface area contributed by atoms with Crippen molar-refractivity contribution in [3.05, 3.63) is 48.0 Å². The van der Waals surface area contributed by atoms with Crippen LogP contribution in [0.1, 0.15) is 17.7 Å². The van der Waals surface area contributed by atoms with Gasteiger partial charge < -0.3 is 15.4 Å². The summed E-state index contributed by atoms with van der Waals surface area (Å²) < 4.78 is 30.6. The number of nitrogens with one attached hydrogen (secondary N) is 2. The number of carbonyl (C=O) groups excluding carboxylic acids is 1. The Kier molecular flexibility index (Phi) is 5.62. The molecule has 0 radical (unpaired) electrons. The lowest BCUT2D eigenvalue weighted by atomic mass is 10.1. The number of carbonyl (C=O) groups is 1. The minimum atomic E-state index is -2.49. The van der Waals surface area contributed by atoms with Gasteiger partial charge in [-0.2, -0.15) is 0 Å². The van der Waals surface area contributed by atoms with Crippen LogP contribution < -0.4 is 15.4 Å². The number of amides is 1. The highest BCUT2D eigenvalue weighted by atomic mass is 19.3. The Hall–Kier alpha value is -3.80. The zero-order chi connectivity index (χ0) is 22.0. The van der Waals surface area contributed by atoms with E-state index < -0.39 is 24.2 Å². The number of hydrogen-bond acceptors (Lipinski definition) is 6. The monoisotopic (exact) mass is 423 g/mol. The van der Waals surface area contributed by atoms with Crippen LogP contribution in [-0.4, -0.2) is 41.4 Å². The molecule has 1 fully saturated rings. The summed E-state index contributed by atoms with van der Waals surface area (Å²) in [4.78, 5) is 25.1. The predicted octanol–water partition coefficient (Wildman–Crippen LogP) is 3.31. The first-order valence-corrected chi connectivity index (χ1v) is 9.57. The average molecular weight is 423 g/mol. The Morgan fingerprint density at radius 1 is 1.16 bits per heavy atom. The van der Waals surface area contributed by atoms with Crippen molar-refractivity contribution in [1.29, 1.82) is 0 Å². The van der Waals surface area contributed by atoms with Crippen LogP contribution in [0.4, 0.5) is 20.4 Å². The Bertz CT molecular complexity index is 1190. The van der Waals surface area contributed by atoms with Gasteiger partial charge in [0.25, 0.3) is 0 Å². The van der Waals surface area contributed by atoms with Gasteiger partial charge in [-0.1, -0.05) is 5.92 Å². The van der Waals surface area contributed by atoms with E-state index in [0.29, 0.717) is 33.6 Å². The van der Waals surface area contributed by atoms with Crippen LogP contribution in [0, 0.1) is 23.7 Å². The molecule has 31 heavy (non-hydrogen) atoms. The molecule has 0 saturated heterocycles. The molecule has 3 heterocycles. The van der Waals surface area contributed by atoms with E-state index in [2.05, 4.69) is 37.4 Å². The predicted molar refractivity (Wildman–Crippen MR) is 112 cm³/mol. The van der Waals surface area contributed by atoms with Gasteiger partial charge in [0.1, 0.15) is 23.1 Å². The summed E-state index contributed by atoms with van der Waals surface area (Å²) >= 11 is 0. The van der Waals surface area contributed by atoms with Crippen LogP contribution in [0.25, 0.3) is 10.8 Å². The summed E-state index contributed by atoms with van der Waals surface area (Å²) in [6.07, 6.45) is 2.46. The molecular weight excluding hydrogens is 404 g/mol. The van der Waals surface area contributed by atoms with Gasteiger partial charge in [0.2, 0.25) is 12.3 Å². The number of halogens is 2. The maximum absolute atomic E-state index is 12.7. The van der Waals surface area contributed by atoms with Gasteiger partial charge in [-0.05, 0) is 30.5 Å². The summed E-state index contributed by atoms with van der Waals surface area (Å²) in [6.45, 7) is 0. The van der Waals surface area contributed by atoms with Crippen LogP contribution in [0.15, 0.2) is 36.8 Å². The minimum absolute atomic E-state index is 0.191. The molecule has 0 aromatic carbocycles. The number of ether oxygens (including phenoxy) is 1. The van der Waals surface area contributed by atoms with E-state index in [1.165, 1.54) is 0 Å². The fourth-order valence-corrected chi connectivity index (χ4v) is 3.22. The topological polar surface area (TPSA) is 89.0 Å². The zero-order valence-electron chi connectivity index (χ0n) is 16.8. The summed E-state index contributed by atoms with van der Waals surface area (Å²) in [7, 11) is 3.30.